The van der Waals surface area contributed by atoms with Crippen LogP contribution in [0.5, 0.6) is 0 Å². The first-order valence-electron chi connectivity index (χ1n) is 11.3. The Morgan fingerprint density at radius 1 is 0.788 bits per heavy atom. The summed E-state index contributed by atoms with van der Waals surface area (Å²) in [5.41, 5.74) is 1.36. The van der Waals surface area contributed by atoms with Crippen molar-refractivity contribution in [1.29, 1.82) is 0 Å². The fourth-order valence-electron chi connectivity index (χ4n) is 3.40. The Labute approximate surface area is 208 Å². The van der Waals surface area contributed by atoms with Gasteiger partial charge in [0.05, 0.1) is 11.2 Å². The molecule has 0 N–H and O–H groups in total. The van der Waals surface area contributed by atoms with Crippen molar-refractivity contribution in [2.24, 2.45) is 0 Å². The molecule has 0 unspecified atom stereocenters. The molecule has 5 heteroatoms. The summed E-state index contributed by atoms with van der Waals surface area (Å²) in [5.74, 6) is 0.639. The molecule has 0 aliphatic heterocycles. The Hall–Kier alpha value is -2.08. The van der Waals surface area contributed by atoms with Crippen molar-refractivity contribution < 1.29 is 9.16 Å². The Bertz CT molecular complexity index is 945. The Balaban J connectivity index is 1.96. The van der Waals surface area contributed by atoms with E-state index in [0.717, 1.165) is 19.3 Å². The predicted molar refractivity (Wildman–Crippen MR) is 146 cm³/mol. The van der Waals surface area contributed by atoms with E-state index in [9.17, 15) is 0 Å². The smallest absolute Gasteiger partial charge is 0.260 e. The Kier molecular flexibility index (Phi) is 9.60. The summed E-state index contributed by atoms with van der Waals surface area (Å²) in [6.07, 6.45) is 4.99. The summed E-state index contributed by atoms with van der Waals surface area (Å²) in [4.78, 5) is 2.54. The summed E-state index contributed by atoms with van der Waals surface area (Å²) in [6, 6.07) is 32.2. The lowest BCUT2D eigenvalue weighted by atomic mass is 10.1. The van der Waals surface area contributed by atoms with Gasteiger partial charge in [-0.2, -0.15) is 0 Å². The highest BCUT2D eigenvalue weighted by Gasteiger charge is 2.33. The molecule has 3 aromatic rings. The second kappa shape index (κ2) is 12.4. The van der Waals surface area contributed by atoms with Crippen molar-refractivity contribution in [3.05, 3.63) is 109 Å². The monoisotopic (exact) mass is 494 g/mol. The molecule has 0 aliphatic carbocycles. The predicted octanol–water partition coefficient (Wildman–Crippen LogP) is 8.63. The molecule has 3 rings (SSSR count). The number of methoxy groups -OCH3 is 1. The normalized spacial score (nSPS) is 12.4. The van der Waals surface area contributed by atoms with Crippen LogP contribution in [0, 0.1) is 0 Å². The van der Waals surface area contributed by atoms with E-state index in [2.05, 4.69) is 117 Å². The van der Waals surface area contributed by atoms with E-state index >= 15 is 0 Å². The van der Waals surface area contributed by atoms with Crippen LogP contribution in [0.2, 0.25) is 19.6 Å². The molecule has 2 nitrogen and oxygen atoms in total. The van der Waals surface area contributed by atoms with E-state index in [1.165, 1.54) is 15.4 Å². The van der Waals surface area contributed by atoms with Gasteiger partial charge >= 0.3 is 0 Å². The van der Waals surface area contributed by atoms with Crippen molar-refractivity contribution in [2.75, 3.05) is 7.11 Å². The summed E-state index contributed by atoms with van der Waals surface area (Å²) in [5, 5.41) is 0. The number of hydrogen-bond acceptors (Lipinski definition) is 4. The molecular formula is C28H34O2S2Si. The van der Waals surface area contributed by atoms with Gasteiger partial charge in [0.15, 0.2) is 0 Å². The number of hydrogen-bond donors (Lipinski definition) is 0. The van der Waals surface area contributed by atoms with Gasteiger partial charge in [0, 0.05) is 9.79 Å². The van der Waals surface area contributed by atoms with Gasteiger partial charge in [-0.1, -0.05) is 66.7 Å². The van der Waals surface area contributed by atoms with E-state index in [-0.39, 0.29) is 4.08 Å². The third-order valence-electron chi connectivity index (χ3n) is 4.92. The molecule has 33 heavy (non-hydrogen) atoms. The first-order chi connectivity index (χ1) is 15.9. The second-order valence-electron chi connectivity index (χ2n) is 8.87. The zero-order chi connectivity index (χ0) is 23.6. The maximum absolute atomic E-state index is 6.20. The SMILES string of the molecule is CO/C(=C\CC(CCc1ccccc1)(Sc1ccccc1)Sc1ccccc1)O[Si](C)(C)C. The van der Waals surface area contributed by atoms with Crippen molar-refractivity contribution in [1.82, 2.24) is 0 Å². The lowest BCUT2D eigenvalue weighted by Gasteiger charge is -2.33. The van der Waals surface area contributed by atoms with E-state index in [0.29, 0.717) is 5.95 Å². The van der Waals surface area contributed by atoms with E-state index in [1.807, 2.05) is 23.5 Å². The molecule has 0 aliphatic rings. The lowest BCUT2D eigenvalue weighted by Crippen LogP contribution is -2.26. The zero-order valence-electron chi connectivity index (χ0n) is 20.0. The van der Waals surface area contributed by atoms with Crippen LogP contribution in [0.4, 0.5) is 0 Å². The summed E-state index contributed by atoms with van der Waals surface area (Å²) in [6.45, 7) is 6.54. The highest BCUT2D eigenvalue weighted by Crippen LogP contribution is 2.51. The van der Waals surface area contributed by atoms with E-state index in [4.69, 9.17) is 9.16 Å². The van der Waals surface area contributed by atoms with Crippen LogP contribution in [0.3, 0.4) is 0 Å². The van der Waals surface area contributed by atoms with E-state index < -0.39 is 8.32 Å². The third-order valence-corrected chi connectivity index (χ3v) is 8.73. The molecule has 3 aromatic carbocycles. The molecule has 0 bridgehead atoms. The summed E-state index contributed by atoms with van der Waals surface area (Å²) < 4.78 is 11.7. The molecule has 0 amide bonds. The molecule has 174 valence electrons. The van der Waals surface area contributed by atoms with Crippen LogP contribution in [-0.2, 0) is 15.6 Å². The largest absolute Gasteiger partial charge is 0.520 e. The minimum absolute atomic E-state index is 0.120. The Morgan fingerprint density at radius 2 is 1.27 bits per heavy atom. The standard InChI is InChI=1S/C28H34O2S2Si/c1-29-27(30-33(2,3)4)21-23-28(31-25-16-10-6-11-17-25,32-26-18-12-7-13-19-26)22-20-24-14-8-5-9-15-24/h5-19,21H,20,22-23H2,1-4H3/b27-21+. The lowest BCUT2D eigenvalue weighted by molar-refractivity contribution is 0.145. The van der Waals surface area contributed by atoms with Crippen molar-refractivity contribution in [3.63, 3.8) is 0 Å². The van der Waals surface area contributed by atoms with Gasteiger partial charge in [-0.15, -0.1) is 23.5 Å². The minimum atomic E-state index is -1.76. The maximum Gasteiger partial charge on any atom is 0.260 e. The van der Waals surface area contributed by atoms with Gasteiger partial charge in [0.2, 0.25) is 8.32 Å². The summed E-state index contributed by atoms with van der Waals surface area (Å²) in [7, 11) is -0.0632. The van der Waals surface area contributed by atoms with E-state index in [1.54, 1.807) is 7.11 Å². The average molecular weight is 495 g/mol. The van der Waals surface area contributed by atoms with Gasteiger partial charge in [0.25, 0.3) is 5.95 Å². The maximum atomic E-state index is 6.20. The average Bonchev–Trinajstić information content (AvgIpc) is 2.82. The Morgan fingerprint density at radius 3 is 1.73 bits per heavy atom. The van der Waals surface area contributed by atoms with Gasteiger partial charge in [-0.25, -0.2) is 0 Å². The first kappa shape index (κ1) is 25.5. The highest BCUT2D eigenvalue weighted by atomic mass is 32.2. The number of ether oxygens (including phenoxy) is 1. The third kappa shape index (κ3) is 8.99. The minimum Gasteiger partial charge on any atom is -0.520 e. The van der Waals surface area contributed by atoms with Crippen molar-refractivity contribution >= 4 is 31.8 Å². The molecule has 0 atom stereocenters. The molecule has 0 spiro atoms. The second-order valence-corrected chi connectivity index (χ2v) is 16.5. The van der Waals surface area contributed by atoms with Crippen LogP contribution in [0.1, 0.15) is 18.4 Å². The van der Waals surface area contributed by atoms with Crippen molar-refractivity contribution in [2.45, 2.75) is 52.8 Å². The molecule has 0 saturated heterocycles. The van der Waals surface area contributed by atoms with Gasteiger partial charge < -0.3 is 9.16 Å². The van der Waals surface area contributed by atoms with Crippen LogP contribution in [0.15, 0.2) is 113 Å². The van der Waals surface area contributed by atoms with Gasteiger partial charge in [-0.3, -0.25) is 0 Å². The first-order valence-corrected chi connectivity index (χ1v) is 16.4. The molecule has 0 saturated carbocycles. The number of benzene rings is 3. The van der Waals surface area contributed by atoms with Crippen molar-refractivity contribution in [3.8, 4) is 0 Å². The molecule has 0 aromatic heterocycles. The fraction of sp³-hybridized carbons (Fsp3) is 0.286. The van der Waals surface area contributed by atoms with Crippen LogP contribution >= 0.6 is 23.5 Å². The number of aryl methyl sites for hydroxylation is 1. The molecule has 0 fully saturated rings. The number of thioether (sulfide) groups is 2. The molecule has 0 heterocycles. The van der Waals surface area contributed by atoms with Crippen LogP contribution in [-0.4, -0.2) is 19.5 Å². The molecular weight excluding hydrogens is 461 g/mol. The fourth-order valence-corrected chi connectivity index (χ4v) is 7.10. The quantitative estimate of drug-likeness (QED) is 0.108. The topological polar surface area (TPSA) is 18.5 Å². The molecule has 0 radical (unpaired) electrons. The van der Waals surface area contributed by atoms with Gasteiger partial charge in [-0.05, 0) is 74.8 Å². The summed E-state index contributed by atoms with van der Waals surface area (Å²) >= 11 is 3.88. The van der Waals surface area contributed by atoms with Gasteiger partial charge in [0.1, 0.15) is 0 Å². The zero-order valence-corrected chi connectivity index (χ0v) is 22.6. The van der Waals surface area contributed by atoms with Crippen LogP contribution in [0.25, 0.3) is 0 Å². The highest BCUT2D eigenvalue weighted by molar-refractivity contribution is 8.18. The number of rotatable bonds is 12. The van der Waals surface area contributed by atoms with Crippen LogP contribution < -0.4 is 0 Å². The number of allylic oxidation sites excluding steroid dienone is 1.